The third-order valence-electron chi connectivity index (χ3n) is 6.03. The first-order valence-corrected chi connectivity index (χ1v) is 13.6. The third-order valence-corrected chi connectivity index (χ3v) is 6.03. The van der Waals surface area contributed by atoms with Crippen molar-refractivity contribution < 1.29 is 24.3 Å². The second-order valence-electron chi connectivity index (χ2n) is 9.54. The van der Waals surface area contributed by atoms with Crippen molar-refractivity contribution in [1.82, 2.24) is 16.0 Å². The maximum absolute atomic E-state index is 13.6. The van der Waals surface area contributed by atoms with Gasteiger partial charge in [0.15, 0.2) is 5.96 Å². The lowest BCUT2D eigenvalue weighted by atomic mass is 9.90. The van der Waals surface area contributed by atoms with E-state index in [1.54, 1.807) is 0 Å². The number of carboxylic acids is 1. The molecular formula is C31H39N7O5. The Hall–Kier alpha value is -5.39. The highest BCUT2D eigenvalue weighted by molar-refractivity contribution is 5.92. The Morgan fingerprint density at radius 1 is 0.767 bits per heavy atom. The molecule has 0 aliphatic rings. The van der Waals surface area contributed by atoms with E-state index in [1.165, 1.54) is 0 Å². The lowest BCUT2D eigenvalue weighted by Crippen LogP contribution is -2.48. The molecule has 3 aromatic carbocycles. The number of aliphatic imine (C=N–C) groups is 1. The number of carbonyl (C=O) groups excluding carboxylic acids is 3. The SMILES string of the molecule is CC(=O)O.NC(=O)NCc1cccc(CNC(=O)[C@@H](CCCN=C(N)N)NC(=O)C(c2ccccc2)c2ccccc2)c1. The van der Waals surface area contributed by atoms with Crippen LogP contribution in [0.15, 0.2) is 89.9 Å². The number of carbonyl (C=O) groups is 4. The molecule has 228 valence electrons. The van der Waals surface area contributed by atoms with Crippen molar-refractivity contribution in [2.24, 2.45) is 22.2 Å². The van der Waals surface area contributed by atoms with Crippen LogP contribution in [0.2, 0.25) is 0 Å². The van der Waals surface area contributed by atoms with Gasteiger partial charge in [-0.1, -0.05) is 84.9 Å². The fourth-order valence-corrected chi connectivity index (χ4v) is 4.16. The molecule has 3 aromatic rings. The zero-order chi connectivity index (χ0) is 31.6. The van der Waals surface area contributed by atoms with E-state index in [0.29, 0.717) is 19.4 Å². The molecular weight excluding hydrogens is 550 g/mol. The minimum Gasteiger partial charge on any atom is -0.481 e. The van der Waals surface area contributed by atoms with Crippen LogP contribution in [0.5, 0.6) is 0 Å². The van der Waals surface area contributed by atoms with Crippen LogP contribution in [-0.2, 0) is 27.5 Å². The number of rotatable bonds is 13. The maximum atomic E-state index is 13.6. The molecule has 0 aliphatic carbocycles. The van der Waals surface area contributed by atoms with Gasteiger partial charge in [-0.3, -0.25) is 19.4 Å². The highest BCUT2D eigenvalue weighted by Crippen LogP contribution is 2.25. The number of primary amides is 1. The van der Waals surface area contributed by atoms with Crippen molar-refractivity contribution in [1.29, 1.82) is 0 Å². The number of hydrogen-bond donors (Lipinski definition) is 7. The first-order valence-electron chi connectivity index (χ1n) is 13.6. The molecule has 0 fully saturated rings. The molecule has 0 aromatic heterocycles. The van der Waals surface area contributed by atoms with Gasteiger partial charge in [0.1, 0.15) is 6.04 Å². The number of carboxylic acid groups (broad SMARTS) is 1. The molecule has 0 spiro atoms. The monoisotopic (exact) mass is 589 g/mol. The first kappa shape index (κ1) is 33.8. The van der Waals surface area contributed by atoms with E-state index in [0.717, 1.165) is 29.2 Å². The molecule has 0 heterocycles. The number of amides is 4. The summed E-state index contributed by atoms with van der Waals surface area (Å²) < 4.78 is 0. The van der Waals surface area contributed by atoms with E-state index in [-0.39, 0.29) is 30.9 Å². The van der Waals surface area contributed by atoms with Crippen LogP contribution in [0, 0.1) is 0 Å². The Morgan fingerprint density at radius 3 is 1.77 bits per heavy atom. The van der Waals surface area contributed by atoms with Crippen molar-refractivity contribution in [3.63, 3.8) is 0 Å². The average molecular weight is 590 g/mol. The van der Waals surface area contributed by atoms with Crippen molar-refractivity contribution in [3.8, 4) is 0 Å². The van der Waals surface area contributed by atoms with E-state index in [1.807, 2.05) is 84.9 Å². The predicted octanol–water partition coefficient (Wildman–Crippen LogP) is 1.93. The largest absolute Gasteiger partial charge is 0.481 e. The number of aliphatic carboxylic acids is 1. The van der Waals surface area contributed by atoms with E-state index < -0.39 is 24.0 Å². The lowest BCUT2D eigenvalue weighted by molar-refractivity contribution is -0.134. The summed E-state index contributed by atoms with van der Waals surface area (Å²) in [7, 11) is 0. The topological polar surface area (TPSA) is 215 Å². The van der Waals surface area contributed by atoms with Gasteiger partial charge in [0.25, 0.3) is 5.97 Å². The fraction of sp³-hybridized carbons (Fsp3) is 0.258. The zero-order valence-electron chi connectivity index (χ0n) is 24.0. The van der Waals surface area contributed by atoms with Gasteiger partial charge in [-0.2, -0.15) is 0 Å². The molecule has 12 nitrogen and oxygen atoms in total. The number of nitrogens with zero attached hydrogens (tertiary/aromatic N) is 1. The van der Waals surface area contributed by atoms with Crippen LogP contribution in [0.4, 0.5) is 4.79 Å². The Labute approximate surface area is 250 Å². The van der Waals surface area contributed by atoms with E-state index in [4.69, 9.17) is 27.1 Å². The van der Waals surface area contributed by atoms with Gasteiger partial charge in [-0.25, -0.2) is 4.79 Å². The molecule has 0 bridgehead atoms. The highest BCUT2D eigenvalue weighted by atomic mass is 16.4. The number of nitrogens with one attached hydrogen (secondary N) is 3. The Morgan fingerprint density at radius 2 is 1.28 bits per heavy atom. The van der Waals surface area contributed by atoms with Gasteiger partial charge in [-0.05, 0) is 35.1 Å². The summed E-state index contributed by atoms with van der Waals surface area (Å²) in [6, 6.07) is 24.9. The van der Waals surface area contributed by atoms with Gasteiger partial charge in [0.05, 0.1) is 5.92 Å². The molecule has 43 heavy (non-hydrogen) atoms. The summed E-state index contributed by atoms with van der Waals surface area (Å²) in [5, 5.41) is 15.8. The Balaban J connectivity index is 0.00000151. The summed E-state index contributed by atoms with van der Waals surface area (Å²) >= 11 is 0. The number of nitrogens with two attached hydrogens (primary N) is 3. The van der Waals surface area contributed by atoms with Crippen LogP contribution < -0.4 is 33.2 Å². The number of guanidine groups is 1. The van der Waals surface area contributed by atoms with Crippen LogP contribution in [-0.4, -0.2) is 47.5 Å². The molecule has 0 saturated heterocycles. The van der Waals surface area contributed by atoms with Crippen LogP contribution in [0.25, 0.3) is 0 Å². The summed E-state index contributed by atoms with van der Waals surface area (Å²) in [6.07, 6.45) is 0.832. The van der Waals surface area contributed by atoms with Crippen LogP contribution in [0.1, 0.15) is 47.9 Å². The minimum atomic E-state index is -0.833. The summed E-state index contributed by atoms with van der Waals surface area (Å²) in [5.74, 6) is -2.06. The van der Waals surface area contributed by atoms with Crippen molar-refractivity contribution >= 4 is 29.8 Å². The number of hydrogen-bond acceptors (Lipinski definition) is 5. The van der Waals surface area contributed by atoms with Crippen molar-refractivity contribution in [2.75, 3.05) is 6.54 Å². The Bertz CT molecular complexity index is 1320. The van der Waals surface area contributed by atoms with Gasteiger partial charge >= 0.3 is 6.03 Å². The first-order chi connectivity index (χ1) is 20.6. The molecule has 3 rings (SSSR count). The highest BCUT2D eigenvalue weighted by Gasteiger charge is 2.27. The van der Waals surface area contributed by atoms with Gasteiger partial charge in [0, 0.05) is 26.6 Å². The van der Waals surface area contributed by atoms with E-state index in [9.17, 15) is 14.4 Å². The standard InChI is InChI=1S/C29H35N7O3.C2H4O2/c30-28(31)33-16-8-15-24(26(37)34-18-20-9-7-10-21(17-20)19-35-29(32)39)36-27(38)25(22-11-3-1-4-12-22)23-13-5-2-6-14-23;1-2(3)4/h1-7,9-14,17,24-25H,8,15-16,18-19H2,(H,34,37)(H,36,38)(H4,30,31,33)(H3,32,35,39);1H3,(H,3,4)/t24-;/m1./s1. The lowest BCUT2D eigenvalue weighted by Gasteiger charge is -2.23. The smallest absolute Gasteiger partial charge is 0.312 e. The van der Waals surface area contributed by atoms with Crippen molar-refractivity contribution in [3.05, 3.63) is 107 Å². The third kappa shape index (κ3) is 13.2. The molecule has 10 N–H and O–H groups in total. The molecule has 1 atom stereocenters. The second-order valence-corrected chi connectivity index (χ2v) is 9.54. The van der Waals surface area contributed by atoms with E-state index >= 15 is 0 Å². The van der Waals surface area contributed by atoms with Crippen LogP contribution >= 0.6 is 0 Å². The summed E-state index contributed by atoms with van der Waals surface area (Å²) in [4.78, 5) is 50.9. The average Bonchev–Trinajstić information content (AvgIpc) is 2.97. The van der Waals surface area contributed by atoms with Gasteiger partial charge in [-0.15, -0.1) is 0 Å². The second kappa shape index (κ2) is 18.1. The van der Waals surface area contributed by atoms with Crippen LogP contribution in [0.3, 0.4) is 0 Å². The van der Waals surface area contributed by atoms with Crippen molar-refractivity contribution in [2.45, 2.75) is 44.8 Å². The molecule has 0 radical (unpaired) electrons. The predicted molar refractivity (Wildman–Crippen MR) is 165 cm³/mol. The normalized spacial score (nSPS) is 10.8. The summed E-state index contributed by atoms with van der Waals surface area (Å²) in [6.45, 7) is 1.93. The number of benzene rings is 3. The van der Waals surface area contributed by atoms with Gasteiger partial charge < -0.3 is 38.3 Å². The molecule has 0 saturated carbocycles. The molecule has 0 aliphatic heterocycles. The quantitative estimate of drug-likeness (QED) is 0.0892. The van der Waals surface area contributed by atoms with Gasteiger partial charge in [0.2, 0.25) is 11.8 Å². The maximum Gasteiger partial charge on any atom is 0.312 e. The number of urea groups is 1. The zero-order valence-corrected chi connectivity index (χ0v) is 24.0. The summed E-state index contributed by atoms with van der Waals surface area (Å²) in [5.41, 5.74) is 19.3. The van der Waals surface area contributed by atoms with E-state index in [2.05, 4.69) is 20.9 Å². The minimum absolute atomic E-state index is 0.0287. The fourth-order valence-electron chi connectivity index (χ4n) is 4.16. The Kier molecular flexibility index (Phi) is 14.3. The molecule has 4 amide bonds. The molecule has 0 unspecified atom stereocenters. The molecule has 12 heteroatoms.